The molecule has 3 aliphatic rings. The van der Waals surface area contributed by atoms with E-state index in [9.17, 15) is 4.79 Å². The number of nitrogens with zero attached hydrogens (tertiary/aromatic N) is 3. The number of amides is 1. The lowest BCUT2D eigenvalue weighted by atomic mass is 9.89. The SMILES string of the molecule is O=C1Nc2cc(CN3CCC(c4ccc(Cl)cc4)CC3)cnc2N2CCCC12. The zero-order chi connectivity index (χ0) is 19.1. The zero-order valence-electron chi connectivity index (χ0n) is 15.9. The summed E-state index contributed by atoms with van der Waals surface area (Å²) in [5, 5.41) is 3.87. The molecule has 5 nitrogen and oxygen atoms in total. The van der Waals surface area contributed by atoms with E-state index < -0.39 is 0 Å². The van der Waals surface area contributed by atoms with Gasteiger partial charge in [-0.1, -0.05) is 23.7 Å². The summed E-state index contributed by atoms with van der Waals surface area (Å²) in [6.07, 6.45) is 6.29. The van der Waals surface area contributed by atoms with Crippen LogP contribution in [0, 0.1) is 0 Å². The molecular weight excluding hydrogens is 372 g/mol. The largest absolute Gasteiger partial charge is 0.343 e. The van der Waals surface area contributed by atoms with Crippen LogP contribution < -0.4 is 10.2 Å². The van der Waals surface area contributed by atoms with Gasteiger partial charge in [-0.25, -0.2) is 4.98 Å². The van der Waals surface area contributed by atoms with E-state index in [1.807, 2.05) is 18.3 Å². The number of carbonyl (C=O) groups excluding carboxylic acids is 1. The molecule has 6 heteroatoms. The van der Waals surface area contributed by atoms with Gasteiger partial charge in [0.05, 0.1) is 5.69 Å². The Morgan fingerprint density at radius 1 is 1.11 bits per heavy atom. The summed E-state index contributed by atoms with van der Waals surface area (Å²) >= 11 is 6.01. The molecule has 3 aliphatic heterocycles. The molecule has 1 aromatic carbocycles. The fourth-order valence-electron chi connectivity index (χ4n) is 4.83. The van der Waals surface area contributed by atoms with E-state index in [4.69, 9.17) is 16.6 Å². The molecule has 0 radical (unpaired) electrons. The highest BCUT2D eigenvalue weighted by atomic mass is 35.5. The van der Waals surface area contributed by atoms with Crippen LogP contribution >= 0.6 is 11.6 Å². The molecule has 0 bridgehead atoms. The summed E-state index contributed by atoms with van der Waals surface area (Å²) in [6, 6.07) is 10.4. The van der Waals surface area contributed by atoms with Gasteiger partial charge in [0.25, 0.3) is 0 Å². The minimum Gasteiger partial charge on any atom is -0.343 e. The first-order valence-corrected chi connectivity index (χ1v) is 10.6. The van der Waals surface area contributed by atoms with Gasteiger partial charge in [0.1, 0.15) is 6.04 Å². The van der Waals surface area contributed by atoms with Gasteiger partial charge in [-0.2, -0.15) is 0 Å². The average molecular weight is 397 g/mol. The second-order valence-electron chi connectivity index (χ2n) is 8.16. The van der Waals surface area contributed by atoms with Crippen LogP contribution in [0.1, 0.15) is 42.7 Å². The summed E-state index contributed by atoms with van der Waals surface area (Å²) in [7, 11) is 0. The van der Waals surface area contributed by atoms with Crippen molar-refractivity contribution in [2.75, 3.05) is 29.9 Å². The van der Waals surface area contributed by atoms with Gasteiger partial charge in [0.2, 0.25) is 5.91 Å². The van der Waals surface area contributed by atoms with Crippen molar-refractivity contribution in [2.45, 2.75) is 44.2 Å². The number of rotatable bonds is 3. The Morgan fingerprint density at radius 2 is 1.89 bits per heavy atom. The topological polar surface area (TPSA) is 48.5 Å². The Balaban J connectivity index is 1.23. The lowest BCUT2D eigenvalue weighted by molar-refractivity contribution is -0.117. The summed E-state index contributed by atoms with van der Waals surface area (Å²) in [4.78, 5) is 21.7. The van der Waals surface area contributed by atoms with Crippen LogP contribution in [0.5, 0.6) is 0 Å². The predicted octanol–water partition coefficient (Wildman–Crippen LogP) is 4.04. The molecule has 1 aromatic heterocycles. The van der Waals surface area contributed by atoms with E-state index in [2.05, 4.69) is 33.3 Å². The predicted molar refractivity (Wildman–Crippen MR) is 112 cm³/mol. The maximum absolute atomic E-state index is 12.3. The molecule has 1 unspecified atom stereocenters. The summed E-state index contributed by atoms with van der Waals surface area (Å²) in [5.74, 6) is 1.67. The molecule has 0 aliphatic carbocycles. The van der Waals surface area contributed by atoms with Crippen molar-refractivity contribution in [1.29, 1.82) is 0 Å². The molecule has 2 fully saturated rings. The number of carbonyl (C=O) groups is 1. The number of pyridine rings is 1. The van der Waals surface area contributed by atoms with Crippen molar-refractivity contribution >= 4 is 29.0 Å². The fraction of sp³-hybridized carbons (Fsp3) is 0.455. The molecule has 2 aromatic rings. The average Bonchev–Trinajstić information content (AvgIpc) is 3.20. The van der Waals surface area contributed by atoms with E-state index in [1.165, 1.54) is 11.1 Å². The molecular formula is C22H25ClN4O. The second-order valence-corrected chi connectivity index (χ2v) is 8.59. The van der Waals surface area contributed by atoms with Gasteiger partial charge < -0.3 is 10.2 Å². The Bertz CT molecular complexity index is 877. The lowest BCUT2D eigenvalue weighted by Crippen LogP contribution is -2.44. The van der Waals surface area contributed by atoms with Gasteiger partial charge in [-0.15, -0.1) is 0 Å². The third-order valence-electron chi connectivity index (χ3n) is 6.34. The normalized spacial score (nSPS) is 22.7. The van der Waals surface area contributed by atoms with E-state index in [0.29, 0.717) is 5.92 Å². The number of hydrogen-bond acceptors (Lipinski definition) is 4. The number of fused-ring (bicyclic) bond motifs is 3. The Labute approximate surface area is 170 Å². The number of hydrogen-bond donors (Lipinski definition) is 1. The molecule has 5 rings (SSSR count). The number of halogens is 1. The molecule has 1 amide bonds. The third kappa shape index (κ3) is 3.38. The molecule has 2 saturated heterocycles. The zero-order valence-corrected chi connectivity index (χ0v) is 16.7. The first-order valence-electron chi connectivity index (χ1n) is 10.2. The lowest BCUT2D eigenvalue weighted by Gasteiger charge is -2.34. The molecule has 146 valence electrons. The fourth-order valence-corrected chi connectivity index (χ4v) is 4.96. The highest BCUT2D eigenvalue weighted by Gasteiger charge is 2.37. The number of nitrogens with one attached hydrogen (secondary N) is 1. The van der Waals surface area contributed by atoms with E-state index >= 15 is 0 Å². The van der Waals surface area contributed by atoms with Crippen LogP contribution in [0.15, 0.2) is 36.5 Å². The van der Waals surface area contributed by atoms with Crippen molar-refractivity contribution in [3.63, 3.8) is 0 Å². The number of piperidine rings is 1. The van der Waals surface area contributed by atoms with Crippen LogP contribution in [-0.2, 0) is 11.3 Å². The molecule has 28 heavy (non-hydrogen) atoms. The molecule has 4 heterocycles. The third-order valence-corrected chi connectivity index (χ3v) is 6.60. The monoisotopic (exact) mass is 396 g/mol. The first-order chi connectivity index (χ1) is 13.7. The van der Waals surface area contributed by atoms with Gasteiger partial charge >= 0.3 is 0 Å². The number of likely N-dealkylation sites (tertiary alicyclic amines) is 1. The van der Waals surface area contributed by atoms with Crippen molar-refractivity contribution in [3.8, 4) is 0 Å². The van der Waals surface area contributed by atoms with Crippen molar-refractivity contribution in [3.05, 3.63) is 52.7 Å². The standard InChI is InChI=1S/C22H25ClN4O/c23-18-5-3-16(4-6-18)17-7-10-26(11-8-17)14-15-12-19-21(24-13-15)27-9-1-2-20(27)22(28)25-19/h3-6,12-13,17,20H,1-2,7-11,14H2,(H,25,28). The maximum atomic E-state index is 12.3. The van der Waals surface area contributed by atoms with Crippen LogP contribution in [0.25, 0.3) is 0 Å². The van der Waals surface area contributed by atoms with E-state index in [-0.39, 0.29) is 11.9 Å². The quantitative estimate of drug-likeness (QED) is 0.850. The summed E-state index contributed by atoms with van der Waals surface area (Å²) in [5.41, 5.74) is 3.43. The van der Waals surface area contributed by atoms with Gasteiger partial charge in [0.15, 0.2) is 5.82 Å². The van der Waals surface area contributed by atoms with Crippen molar-refractivity contribution < 1.29 is 4.79 Å². The van der Waals surface area contributed by atoms with Gasteiger partial charge in [-0.3, -0.25) is 9.69 Å². The van der Waals surface area contributed by atoms with Crippen LogP contribution in [-0.4, -0.2) is 41.5 Å². The Hall–Kier alpha value is -2.11. The Kier molecular flexibility index (Phi) is 4.73. The Morgan fingerprint density at radius 3 is 2.68 bits per heavy atom. The molecule has 1 atom stereocenters. The maximum Gasteiger partial charge on any atom is 0.247 e. The van der Waals surface area contributed by atoms with Crippen LogP contribution in [0.3, 0.4) is 0 Å². The smallest absolute Gasteiger partial charge is 0.247 e. The van der Waals surface area contributed by atoms with Crippen LogP contribution in [0.4, 0.5) is 11.5 Å². The van der Waals surface area contributed by atoms with E-state index in [1.54, 1.807) is 0 Å². The van der Waals surface area contributed by atoms with Crippen molar-refractivity contribution in [2.24, 2.45) is 0 Å². The van der Waals surface area contributed by atoms with E-state index in [0.717, 1.165) is 68.4 Å². The summed E-state index contributed by atoms with van der Waals surface area (Å²) in [6.45, 7) is 3.96. The number of anilines is 2. The number of aromatic nitrogens is 1. The van der Waals surface area contributed by atoms with Crippen LogP contribution in [0.2, 0.25) is 5.02 Å². The minimum absolute atomic E-state index is 0.0299. The molecule has 0 saturated carbocycles. The van der Waals surface area contributed by atoms with Gasteiger partial charge in [0, 0.05) is 24.3 Å². The first kappa shape index (κ1) is 18.0. The minimum atomic E-state index is -0.0299. The van der Waals surface area contributed by atoms with Crippen molar-refractivity contribution in [1.82, 2.24) is 9.88 Å². The number of benzene rings is 1. The summed E-state index contributed by atoms with van der Waals surface area (Å²) < 4.78 is 0. The highest BCUT2D eigenvalue weighted by molar-refractivity contribution is 6.30. The van der Waals surface area contributed by atoms with Gasteiger partial charge in [-0.05, 0) is 74.0 Å². The molecule has 0 spiro atoms. The second kappa shape index (κ2) is 7.37. The molecule has 1 N–H and O–H groups in total. The highest BCUT2D eigenvalue weighted by Crippen LogP contribution is 2.36.